The third-order valence-corrected chi connectivity index (χ3v) is 3.07. The molecular weight excluding hydrogens is 272 g/mol. The number of anilines is 1. The molecule has 0 saturated carbocycles. The summed E-state index contributed by atoms with van der Waals surface area (Å²) in [4.78, 5) is 0.312. The number of nitrogens with zero attached hydrogens (tertiary/aromatic N) is 2. The number of rotatable bonds is 6. The van der Waals surface area contributed by atoms with Gasteiger partial charge in [-0.2, -0.15) is 5.10 Å². The van der Waals surface area contributed by atoms with Crippen LogP contribution in [-0.2, 0) is 6.42 Å². The summed E-state index contributed by atoms with van der Waals surface area (Å²) in [6.07, 6.45) is 2.43. The van der Waals surface area contributed by atoms with Crippen LogP contribution in [0.3, 0.4) is 0 Å². The van der Waals surface area contributed by atoms with Gasteiger partial charge in [-0.25, -0.2) is 0 Å². The van der Waals surface area contributed by atoms with Crippen molar-refractivity contribution in [3.05, 3.63) is 47.7 Å². The van der Waals surface area contributed by atoms with Gasteiger partial charge in [0.15, 0.2) is 5.82 Å². The predicted molar refractivity (Wildman–Crippen MR) is 83.1 cm³/mol. The van der Waals surface area contributed by atoms with Crippen molar-refractivity contribution in [3.8, 4) is 5.75 Å². The number of aromatic nitrogens is 2. The molecule has 2 rings (SSSR count). The van der Waals surface area contributed by atoms with E-state index in [1.165, 1.54) is 5.56 Å². The van der Waals surface area contributed by atoms with E-state index in [1.54, 1.807) is 19.4 Å². The van der Waals surface area contributed by atoms with Crippen molar-refractivity contribution in [1.82, 2.24) is 10.2 Å². The molecule has 2 aromatic rings. The molecule has 20 heavy (non-hydrogen) atoms. The van der Waals surface area contributed by atoms with E-state index in [4.69, 9.17) is 22.7 Å². The molecule has 0 atom stereocenters. The lowest BCUT2D eigenvalue weighted by atomic mass is 10.1. The number of ether oxygens (including phenoxy) is 1. The van der Waals surface area contributed by atoms with E-state index >= 15 is 0 Å². The molecular formula is C14H16N4OS. The lowest BCUT2D eigenvalue weighted by molar-refractivity contribution is 0.414. The fraction of sp³-hybridized carbons (Fsp3) is 0.214. The quantitative estimate of drug-likeness (QED) is 0.789. The molecule has 0 unspecified atom stereocenters. The van der Waals surface area contributed by atoms with Crippen molar-refractivity contribution >= 4 is 23.0 Å². The molecule has 1 aromatic carbocycles. The van der Waals surface area contributed by atoms with Crippen LogP contribution in [0.4, 0.5) is 5.82 Å². The van der Waals surface area contributed by atoms with E-state index < -0.39 is 0 Å². The highest BCUT2D eigenvalue weighted by Crippen LogP contribution is 2.13. The van der Waals surface area contributed by atoms with Gasteiger partial charge >= 0.3 is 0 Å². The zero-order valence-electron chi connectivity index (χ0n) is 11.2. The molecule has 0 spiro atoms. The van der Waals surface area contributed by atoms with Gasteiger partial charge < -0.3 is 15.8 Å². The van der Waals surface area contributed by atoms with Gasteiger partial charge in [0.25, 0.3) is 0 Å². The van der Waals surface area contributed by atoms with Crippen LogP contribution in [0.25, 0.3) is 0 Å². The Hall–Kier alpha value is -2.21. The summed E-state index contributed by atoms with van der Waals surface area (Å²) in [6, 6.07) is 9.71. The number of thiocarbonyl (C=S) groups is 1. The van der Waals surface area contributed by atoms with Gasteiger partial charge in [-0.15, -0.1) is 5.10 Å². The number of hydrogen-bond acceptors (Lipinski definition) is 5. The first-order valence-corrected chi connectivity index (χ1v) is 6.60. The lowest BCUT2D eigenvalue weighted by Crippen LogP contribution is -2.16. The molecule has 0 radical (unpaired) electrons. The number of benzene rings is 1. The van der Waals surface area contributed by atoms with Crippen LogP contribution in [0.15, 0.2) is 36.5 Å². The van der Waals surface area contributed by atoms with Crippen molar-refractivity contribution in [3.63, 3.8) is 0 Å². The van der Waals surface area contributed by atoms with Crippen molar-refractivity contribution in [1.29, 1.82) is 0 Å². The van der Waals surface area contributed by atoms with Crippen molar-refractivity contribution in [2.75, 3.05) is 19.0 Å². The summed E-state index contributed by atoms with van der Waals surface area (Å²) in [5, 5.41) is 11.0. The normalized spacial score (nSPS) is 10.1. The van der Waals surface area contributed by atoms with Crippen LogP contribution >= 0.6 is 12.2 Å². The Morgan fingerprint density at radius 1 is 1.30 bits per heavy atom. The first-order chi connectivity index (χ1) is 9.70. The fourth-order valence-corrected chi connectivity index (χ4v) is 1.94. The van der Waals surface area contributed by atoms with Crippen molar-refractivity contribution in [2.24, 2.45) is 5.73 Å². The zero-order chi connectivity index (χ0) is 14.4. The Labute approximate surface area is 123 Å². The van der Waals surface area contributed by atoms with Gasteiger partial charge in [-0.05, 0) is 30.2 Å². The van der Waals surface area contributed by atoms with Gasteiger partial charge in [-0.1, -0.05) is 24.4 Å². The largest absolute Gasteiger partial charge is 0.497 e. The van der Waals surface area contributed by atoms with E-state index in [2.05, 4.69) is 15.5 Å². The monoisotopic (exact) mass is 288 g/mol. The van der Waals surface area contributed by atoms with Crippen LogP contribution in [0, 0.1) is 0 Å². The second kappa shape index (κ2) is 6.81. The average molecular weight is 288 g/mol. The highest BCUT2D eigenvalue weighted by atomic mass is 32.1. The molecule has 6 heteroatoms. The molecule has 0 aliphatic carbocycles. The molecule has 0 aliphatic heterocycles. The molecule has 0 fully saturated rings. The molecule has 0 amide bonds. The molecule has 104 valence electrons. The molecule has 0 bridgehead atoms. The minimum atomic E-state index is 0.312. The highest BCUT2D eigenvalue weighted by Gasteiger charge is 2.05. The average Bonchev–Trinajstić information content (AvgIpc) is 2.48. The number of nitrogens with one attached hydrogen (secondary N) is 1. The SMILES string of the molecule is COc1ccc(CCNc2nnccc2C(N)=S)cc1. The number of methoxy groups -OCH3 is 1. The van der Waals surface area contributed by atoms with Crippen molar-refractivity contribution in [2.45, 2.75) is 6.42 Å². The van der Waals surface area contributed by atoms with Crippen LogP contribution < -0.4 is 15.8 Å². The maximum absolute atomic E-state index is 5.64. The smallest absolute Gasteiger partial charge is 0.158 e. The molecule has 1 aromatic heterocycles. The van der Waals surface area contributed by atoms with E-state index in [0.29, 0.717) is 16.4 Å². The summed E-state index contributed by atoms with van der Waals surface area (Å²) in [5.74, 6) is 1.47. The first-order valence-electron chi connectivity index (χ1n) is 6.19. The van der Waals surface area contributed by atoms with Gasteiger partial charge in [0, 0.05) is 6.54 Å². The molecule has 3 N–H and O–H groups in total. The van der Waals surface area contributed by atoms with Gasteiger partial charge in [-0.3, -0.25) is 0 Å². The Bertz CT molecular complexity index is 586. The zero-order valence-corrected chi connectivity index (χ0v) is 12.0. The van der Waals surface area contributed by atoms with Crippen LogP contribution in [0.1, 0.15) is 11.1 Å². The lowest BCUT2D eigenvalue weighted by Gasteiger charge is -2.09. The Kier molecular flexibility index (Phi) is 4.84. The second-order valence-corrected chi connectivity index (χ2v) is 4.62. The third kappa shape index (κ3) is 3.64. The minimum absolute atomic E-state index is 0.312. The van der Waals surface area contributed by atoms with Gasteiger partial charge in [0.2, 0.25) is 0 Å². The van der Waals surface area contributed by atoms with Crippen LogP contribution in [0.5, 0.6) is 5.75 Å². The molecule has 5 nitrogen and oxygen atoms in total. The number of hydrogen-bond donors (Lipinski definition) is 2. The Morgan fingerprint density at radius 2 is 2.05 bits per heavy atom. The maximum atomic E-state index is 5.64. The van der Waals surface area contributed by atoms with E-state index in [1.807, 2.05) is 24.3 Å². The summed E-state index contributed by atoms with van der Waals surface area (Å²) >= 11 is 4.98. The van der Waals surface area contributed by atoms with E-state index in [9.17, 15) is 0 Å². The first kappa shape index (κ1) is 14.2. The summed E-state index contributed by atoms with van der Waals surface area (Å²) in [6.45, 7) is 0.723. The van der Waals surface area contributed by atoms with Crippen LogP contribution in [-0.4, -0.2) is 28.8 Å². The van der Waals surface area contributed by atoms with E-state index in [0.717, 1.165) is 18.7 Å². The maximum Gasteiger partial charge on any atom is 0.158 e. The number of nitrogens with two attached hydrogens (primary N) is 1. The van der Waals surface area contributed by atoms with Gasteiger partial charge in [0.1, 0.15) is 10.7 Å². The van der Waals surface area contributed by atoms with Gasteiger partial charge in [0.05, 0.1) is 18.9 Å². The van der Waals surface area contributed by atoms with E-state index in [-0.39, 0.29) is 0 Å². The predicted octanol–water partition coefficient (Wildman–Crippen LogP) is 1.77. The standard InChI is InChI=1S/C14H16N4OS/c1-19-11-4-2-10(3-5-11)6-8-16-14-12(13(15)20)7-9-17-18-14/h2-5,7,9H,6,8H2,1H3,(H2,15,20)(H,16,18). The molecule has 1 heterocycles. The minimum Gasteiger partial charge on any atom is -0.497 e. The van der Waals surface area contributed by atoms with Crippen LogP contribution in [0.2, 0.25) is 0 Å². The molecule has 0 aliphatic rings. The molecule has 0 saturated heterocycles. The highest BCUT2D eigenvalue weighted by molar-refractivity contribution is 7.80. The Balaban J connectivity index is 1.94. The summed E-state index contributed by atoms with van der Waals surface area (Å²) < 4.78 is 5.12. The Morgan fingerprint density at radius 3 is 2.70 bits per heavy atom. The topological polar surface area (TPSA) is 73.1 Å². The second-order valence-electron chi connectivity index (χ2n) is 4.18. The summed E-state index contributed by atoms with van der Waals surface area (Å²) in [5.41, 5.74) is 7.56. The third-order valence-electron chi connectivity index (χ3n) is 2.85. The summed E-state index contributed by atoms with van der Waals surface area (Å²) in [7, 11) is 1.65. The fourth-order valence-electron chi connectivity index (χ4n) is 1.78. The van der Waals surface area contributed by atoms with Crippen molar-refractivity contribution < 1.29 is 4.74 Å².